The highest BCUT2D eigenvalue weighted by Crippen LogP contribution is 2.20. The van der Waals surface area contributed by atoms with Crippen LogP contribution in [0.4, 0.5) is 14.5 Å². The van der Waals surface area contributed by atoms with Gasteiger partial charge in [-0.05, 0) is 26.0 Å². The van der Waals surface area contributed by atoms with E-state index in [1.807, 2.05) is 0 Å². The third-order valence-corrected chi connectivity index (χ3v) is 2.02. The molecular formula is C11H10F2N2O. The third-order valence-electron chi connectivity index (χ3n) is 2.02. The topological polar surface area (TPSA) is 52.9 Å². The van der Waals surface area contributed by atoms with Gasteiger partial charge in [-0.1, -0.05) is 0 Å². The Hall–Kier alpha value is -1.96. The average molecular weight is 224 g/mol. The lowest BCUT2D eigenvalue weighted by Crippen LogP contribution is -2.29. The van der Waals surface area contributed by atoms with Gasteiger partial charge in [0, 0.05) is 6.07 Å². The van der Waals surface area contributed by atoms with Crippen LogP contribution in [0, 0.1) is 28.4 Å². The Balaban J connectivity index is 2.94. The van der Waals surface area contributed by atoms with Gasteiger partial charge in [0.15, 0.2) is 0 Å². The minimum atomic E-state index is -1.29. The van der Waals surface area contributed by atoms with Gasteiger partial charge >= 0.3 is 0 Å². The first-order valence-corrected chi connectivity index (χ1v) is 4.54. The maximum atomic E-state index is 13.2. The summed E-state index contributed by atoms with van der Waals surface area (Å²) < 4.78 is 26.0. The van der Waals surface area contributed by atoms with Crippen molar-refractivity contribution in [2.45, 2.75) is 13.8 Å². The van der Waals surface area contributed by atoms with Crippen molar-refractivity contribution >= 4 is 11.6 Å². The smallest absolute Gasteiger partial charge is 0.244 e. The number of nitriles is 1. The summed E-state index contributed by atoms with van der Waals surface area (Å²) in [5, 5.41) is 10.9. The van der Waals surface area contributed by atoms with Crippen molar-refractivity contribution < 1.29 is 13.6 Å². The lowest BCUT2D eigenvalue weighted by Gasteiger charge is -2.15. The van der Waals surface area contributed by atoms with Gasteiger partial charge < -0.3 is 5.32 Å². The first-order chi connectivity index (χ1) is 7.36. The Morgan fingerprint density at radius 1 is 1.44 bits per heavy atom. The minimum absolute atomic E-state index is 0.270. The molecule has 16 heavy (non-hydrogen) atoms. The van der Waals surface area contributed by atoms with Crippen LogP contribution in [0.1, 0.15) is 13.8 Å². The summed E-state index contributed by atoms with van der Waals surface area (Å²) in [5.74, 6) is -2.09. The highest BCUT2D eigenvalue weighted by Gasteiger charge is 2.27. The Morgan fingerprint density at radius 3 is 2.62 bits per heavy atom. The lowest BCUT2D eigenvalue weighted by molar-refractivity contribution is -0.121. The Bertz CT molecular complexity index is 464. The summed E-state index contributed by atoms with van der Waals surface area (Å²) in [6, 6.07) is 4.48. The van der Waals surface area contributed by atoms with Crippen LogP contribution in [0.3, 0.4) is 0 Å². The van der Waals surface area contributed by atoms with E-state index in [2.05, 4.69) is 5.32 Å². The second-order valence-corrected chi connectivity index (χ2v) is 3.82. The number of benzene rings is 1. The van der Waals surface area contributed by atoms with Gasteiger partial charge in [-0.25, -0.2) is 8.78 Å². The molecule has 0 atom stereocenters. The second kappa shape index (κ2) is 4.27. The number of anilines is 1. The van der Waals surface area contributed by atoms with E-state index in [1.54, 1.807) is 6.07 Å². The quantitative estimate of drug-likeness (QED) is 0.838. The highest BCUT2D eigenvalue weighted by atomic mass is 19.1. The summed E-state index contributed by atoms with van der Waals surface area (Å²) in [6.07, 6.45) is 0. The first kappa shape index (κ1) is 12.1. The van der Waals surface area contributed by atoms with E-state index < -0.39 is 23.0 Å². The van der Waals surface area contributed by atoms with Gasteiger partial charge in [-0.2, -0.15) is 5.26 Å². The molecule has 3 nitrogen and oxygen atoms in total. The van der Waals surface area contributed by atoms with Crippen LogP contribution in [0.5, 0.6) is 0 Å². The molecule has 0 aliphatic rings. The molecule has 0 spiro atoms. The number of nitrogens with zero attached hydrogens (tertiary/aromatic N) is 1. The molecule has 0 aliphatic heterocycles. The second-order valence-electron chi connectivity index (χ2n) is 3.82. The lowest BCUT2D eigenvalue weighted by atomic mass is 9.94. The van der Waals surface area contributed by atoms with Gasteiger partial charge in [0.2, 0.25) is 5.91 Å². The maximum absolute atomic E-state index is 13.2. The highest BCUT2D eigenvalue weighted by molar-refractivity contribution is 5.96. The molecule has 0 heterocycles. The fourth-order valence-corrected chi connectivity index (χ4v) is 0.923. The van der Waals surface area contributed by atoms with E-state index in [0.29, 0.717) is 0 Å². The van der Waals surface area contributed by atoms with Gasteiger partial charge in [0.25, 0.3) is 0 Å². The minimum Gasteiger partial charge on any atom is -0.322 e. The van der Waals surface area contributed by atoms with Crippen molar-refractivity contribution in [2.24, 2.45) is 5.41 Å². The molecule has 1 rings (SSSR count). The molecule has 0 aromatic heterocycles. The van der Waals surface area contributed by atoms with Gasteiger partial charge in [0.05, 0.1) is 11.8 Å². The summed E-state index contributed by atoms with van der Waals surface area (Å²) in [7, 11) is 0. The van der Waals surface area contributed by atoms with Crippen LogP contribution in [0.15, 0.2) is 18.2 Å². The van der Waals surface area contributed by atoms with E-state index in [4.69, 9.17) is 5.26 Å². The summed E-state index contributed by atoms with van der Waals surface area (Å²) >= 11 is 0. The summed E-state index contributed by atoms with van der Waals surface area (Å²) in [5.41, 5.74) is -1.56. The summed E-state index contributed by atoms with van der Waals surface area (Å²) in [6.45, 7) is 2.78. The number of amides is 1. The molecule has 1 aromatic rings. The predicted molar refractivity (Wildman–Crippen MR) is 54.4 cm³/mol. The van der Waals surface area contributed by atoms with Crippen molar-refractivity contribution in [2.75, 3.05) is 5.32 Å². The van der Waals surface area contributed by atoms with Crippen molar-refractivity contribution in [1.82, 2.24) is 0 Å². The Morgan fingerprint density at radius 2 is 2.06 bits per heavy atom. The number of nitrogens with one attached hydrogen (secondary N) is 1. The van der Waals surface area contributed by atoms with Crippen molar-refractivity contribution in [3.8, 4) is 6.07 Å². The molecule has 1 amide bonds. The van der Waals surface area contributed by atoms with E-state index in [9.17, 15) is 13.6 Å². The zero-order valence-electron chi connectivity index (χ0n) is 8.84. The average Bonchev–Trinajstić information content (AvgIpc) is 2.23. The fraction of sp³-hybridized carbons (Fsp3) is 0.273. The number of hydrogen-bond acceptors (Lipinski definition) is 2. The van der Waals surface area contributed by atoms with Crippen LogP contribution in [-0.4, -0.2) is 5.91 Å². The SMILES string of the molecule is CC(C)(C#N)C(=O)Nc1cc(F)ccc1F. The molecule has 0 saturated heterocycles. The van der Waals surface area contributed by atoms with E-state index >= 15 is 0 Å². The third kappa shape index (κ3) is 2.54. The molecule has 0 unspecified atom stereocenters. The molecule has 5 heteroatoms. The zero-order valence-corrected chi connectivity index (χ0v) is 8.84. The number of carbonyl (C=O) groups excluding carboxylic acids is 1. The number of carbonyl (C=O) groups is 1. The number of hydrogen-bond donors (Lipinski definition) is 1. The van der Waals surface area contributed by atoms with Crippen molar-refractivity contribution in [3.63, 3.8) is 0 Å². The molecule has 1 N–H and O–H groups in total. The van der Waals surface area contributed by atoms with Crippen molar-refractivity contribution in [1.29, 1.82) is 5.26 Å². The molecule has 0 aliphatic carbocycles. The van der Waals surface area contributed by atoms with Crippen LogP contribution < -0.4 is 5.32 Å². The molecule has 0 bridgehead atoms. The zero-order chi connectivity index (χ0) is 12.3. The largest absolute Gasteiger partial charge is 0.322 e. The molecular weight excluding hydrogens is 214 g/mol. The molecule has 0 radical (unpaired) electrons. The maximum Gasteiger partial charge on any atom is 0.244 e. The summed E-state index contributed by atoms with van der Waals surface area (Å²) in [4.78, 5) is 11.5. The van der Waals surface area contributed by atoms with E-state index in [1.165, 1.54) is 13.8 Å². The van der Waals surface area contributed by atoms with E-state index in [0.717, 1.165) is 18.2 Å². The van der Waals surface area contributed by atoms with Gasteiger partial charge in [-0.3, -0.25) is 4.79 Å². The normalized spacial score (nSPS) is 10.7. The fourth-order valence-electron chi connectivity index (χ4n) is 0.923. The first-order valence-electron chi connectivity index (χ1n) is 4.54. The van der Waals surface area contributed by atoms with E-state index in [-0.39, 0.29) is 5.69 Å². The van der Waals surface area contributed by atoms with Crippen LogP contribution in [0.25, 0.3) is 0 Å². The van der Waals surface area contributed by atoms with Crippen LogP contribution in [0.2, 0.25) is 0 Å². The van der Waals surface area contributed by atoms with Gasteiger partial charge in [-0.15, -0.1) is 0 Å². The molecule has 0 saturated carbocycles. The Kier molecular flexibility index (Phi) is 3.23. The Labute approximate surface area is 91.7 Å². The van der Waals surface area contributed by atoms with Crippen molar-refractivity contribution in [3.05, 3.63) is 29.8 Å². The standard InChI is InChI=1S/C11H10F2N2O/c1-11(2,6-14)10(16)15-9-5-7(12)3-4-8(9)13/h3-5H,1-2H3,(H,15,16). The molecule has 0 fully saturated rings. The molecule has 84 valence electrons. The predicted octanol–water partition coefficient (Wildman–Crippen LogP) is 2.45. The van der Waals surface area contributed by atoms with Gasteiger partial charge in [0.1, 0.15) is 17.0 Å². The molecule has 1 aromatic carbocycles. The monoisotopic (exact) mass is 224 g/mol. The number of rotatable bonds is 2. The van der Waals surface area contributed by atoms with Crippen LogP contribution >= 0.6 is 0 Å². The number of halogens is 2. The van der Waals surface area contributed by atoms with Crippen LogP contribution in [-0.2, 0) is 4.79 Å².